The van der Waals surface area contributed by atoms with E-state index < -0.39 is 5.43 Å². The minimum Gasteiger partial charge on any atom is -0.415 e. The van der Waals surface area contributed by atoms with E-state index in [9.17, 15) is 4.79 Å². The first kappa shape index (κ1) is 12.6. The van der Waals surface area contributed by atoms with Crippen molar-refractivity contribution in [3.8, 4) is 5.75 Å². The number of alkyl halides is 2. The second-order valence-corrected chi connectivity index (χ2v) is 2.87. The van der Waals surface area contributed by atoms with Crippen LogP contribution in [0.4, 0.5) is 4.79 Å². The Morgan fingerprint density at radius 2 is 1.69 bits per heavy atom. The molecule has 0 unspecified atom stereocenters. The summed E-state index contributed by atoms with van der Waals surface area (Å²) >= 11 is 14.5. The summed E-state index contributed by atoms with van der Waals surface area (Å²) in [6, 6.07) is 8.65. The quantitative estimate of drug-likeness (QED) is 0.551. The van der Waals surface area contributed by atoms with Crippen LogP contribution in [0.3, 0.4) is 0 Å². The molecule has 0 aliphatic heterocycles. The van der Waals surface area contributed by atoms with Gasteiger partial charge >= 0.3 is 5.43 Å². The van der Waals surface area contributed by atoms with Gasteiger partial charge in [-0.2, -0.15) is 0 Å². The van der Waals surface area contributed by atoms with Crippen LogP contribution < -0.4 is 4.74 Å². The van der Waals surface area contributed by atoms with E-state index in [0.717, 1.165) is 0 Å². The average molecular weight is 242 g/mol. The highest BCUT2D eigenvalue weighted by molar-refractivity contribution is 6.61. The van der Waals surface area contributed by atoms with Crippen molar-refractivity contribution in [2.24, 2.45) is 0 Å². The Hall–Kier alpha value is -0.440. The highest BCUT2D eigenvalue weighted by Crippen LogP contribution is 2.09. The van der Waals surface area contributed by atoms with Crippen LogP contribution in [0.5, 0.6) is 5.75 Å². The molecule has 0 atom stereocenters. The van der Waals surface area contributed by atoms with Crippen molar-refractivity contribution in [1.82, 2.24) is 0 Å². The molecule has 0 amide bonds. The highest BCUT2D eigenvalue weighted by Gasteiger charge is 1.95. The SMILES string of the molecule is ClCCl.O=C(Cl)Oc1ccccc1. The molecule has 0 bridgehead atoms. The normalized spacial score (nSPS) is 8.23. The second kappa shape index (κ2) is 8.17. The molecule has 0 radical (unpaired) electrons. The molecule has 0 heterocycles. The van der Waals surface area contributed by atoms with Gasteiger partial charge in [-0.3, -0.25) is 0 Å². The summed E-state index contributed by atoms with van der Waals surface area (Å²) in [5.74, 6) is 0.461. The third kappa shape index (κ3) is 7.91. The van der Waals surface area contributed by atoms with Gasteiger partial charge in [-0.1, -0.05) is 18.2 Å². The molecule has 1 aromatic rings. The van der Waals surface area contributed by atoms with Crippen molar-refractivity contribution in [3.05, 3.63) is 30.3 Å². The van der Waals surface area contributed by atoms with Crippen molar-refractivity contribution < 1.29 is 9.53 Å². The fourth-order valence-corrected chi connectivity index (χ4v) is 0.670. The monoisotopic (exact) mass is 240 g/mol. The van der Waals surface area contributed by atoms with E-state index in [1.54, 1.807) is 24.3 Å². The molecular weight excluding hydrogens is 234 g/mol. The minimum absolute atomic E-state index is 0.194. The van der Waals surface area contributed by atoms with Gasteiger partial charge in [-0.25, -0.2) is 4.79 Å². The molecule has 2 nitrogen and oxygen atoms in total. The van der Waals surface area contributed by atoms with Crippen molar-refractivity contribution in [1.29, 1.82) is 0 Å². The zero-order valence-corrected chi connectivity index (χ0v) is 8.81. The first-order chi connectivity index (χ1) is 6.20. The summed E-state index contributed by atoms with van der Waals surface area (Å²) in [6.45, 7) is 0. The van der Waals surface area contributed by atoms with Crippen molar-refractivity contribution in [3.63, 3.8) is 0 Å². The van der Waals surface area contributed by atoms with E-state index in [4.69, 9.17) is 34.8 Å². The summed E-state index contributed by atoms with van der Waals surface area (Å²) in [5.41, 5.74) is -0.814. The first-order valence-electron chi connectivity index (χ1n) is 3.25. The van der Waals surface area contributed by atoms with Crippen LogP contribution in [-0.2, 0) is 0 Å². The molecule has 0 saturated carbocycles. The number of rotatable bonds is 1. The van der Waals surface area contributed by atoms with Crippen LogP contribution in [0.25, 0.3) is 0 Å². The van der Waals surface area contributed by atoms with Crippen molar-refractivity contribution in [2.45, 2.75) is 0 Å². The first-order valence-corrected chi connectivity index (χ1v) is 4.69. The van der Waals surface area contributed by atoms with Gasteiger partial charge in [0.15, 0.2) is 0 Å². The molecule has 0 spiro atoms. The molecule has 0 saturated heterocycles. The predicted octanol–water partition coefficient (Wildman–Crippen LogP) is 3.85. The van der Waals surface area contributed by atoms with Gasteiger partial charge < -0.3 is 4.74 Å². The fraction of sp³-hybridized carbons (Fsp3) is 0.125. The molecule has 0 aromatic heterocycles. The fourth-order valence-electron chi connectivity index (χ4n) is 0.581. The molecule has 13 heavy (non-hydrogen) atoms. The third-order valence-electron chi connectivity index (χ3n) is 0.941. The van der Waals surface area contributed by atoms with E-state index in [0.29, 0.717) is 5.75 Å². The van der Waals surface area contributed by atoms with Gasteiger partial charge in [0, 0.05) is 11.6 Å². The number of ether oxygens (including phenoxy) is 1. The molecule has 0 aliphatic carbocycles. The zero-order valence-electron chi connectivity index (χ0n) is 6.54. The largest absolute Gasteiger partial charge is 0.415 e. The van der Waals surface area contributed by atoms with Gasteiger partial charge in [0.2, 0.25) is 0 Å². The van der Waals surface area contributed by atoms with Crippen LogP contribution in [0, 0.1) is 0 Å². The van der Waals surface area contributed by atoms with Crippen LogP contribution in [0.1, 0.15) is 0 Å². The molecule has 1 aromatic carbocycles. The lowest BCUT2D eigenvalue weighted by Gasteiger charge is -1.95. The van der Waals surface area contributed by atoms with E-state index >= 15 is 0 Å². The number of carbonyl (C=O) groups excluding carboxylic acids is 1. The third-order valence-corrected chi connectivity index (χ3v) is 1.02. The molecular formula is C8H7Cl3O2. The summed E-state index contributed by atoms with van der Waals surface area (Å²) in [5, 5.41) is 0.194. The van der Waals surface area contributed by atoms with E-state index in [1.807, 2.05) is 6.07 Å². The summed E-state index contributed by atoms with van der Waals surface area (Å²) in [4.78, 5) is 10.2. The Bertz CT molecular complexity index is 238. The summed E-state index contributed by atoms with van der Waals surface area (Å²) in [6.07, 6.45) is 0. The maximum atomic E-state index is 10.2. The minimum atomic E-state index is -0.814. The Kier molecular flexibility index (Phi) is 7.90. The number of hydrogen-bond acceptors (Lipinski definition) is 2. The van der Waals surface area contributed by atoms with E-state index in [2.05, 4.69) is 4.74 Å². The van der Waals surface area contributed by atoms with Crippen LogP contribution in [-0.4, -0.2) is 10.8 Å². The van der Waals surface area contributed by atoms with Crippen LogP contribution >= 0.6 is 34.8 Å². The Labute approximate surface area is 91.4 Å². The van der Waals surface area contributed by atoms with Gasteiger partial charge in [-0.05, 0) is 12.1 Å². The molecule has 72 valence electrons. The van der Waals surface area contributed by atoms with Crippen molar-refractivity contribution in [2.75, 3.05) is 5.34 Å². The molecule has 5 heteroatoms. The Balaban J connectivity index is 0.000000424. The predicted molar refractivity (Wildman–Crippen MR) is 54.9 cm³/mol. The van der Waals surface area contributed by atoms with Gasteiger partial charge in [0.25, 0.3) is 0 Å². The molecule has 0 fully saturated rings. The number of carbonyl (C=O) groups is 1. The highest BCUT2D eigenvalue weighted by atomic mass is 35.5. The average Bonchev–Trinajstić information content (AvgIpc) is 2.06. The van der Waals surface area contributed by atoms with E-state index in [-0.39, 0.29) is 5.34 Å². The van der Waals surface area contributed by atoms with E-state index in [1.165, 1.54) is 0 Å². The number of benzene rings is 1. The number of para-hydroxylation sites is 1. The Morgan fingerprint density at radius 3 is 2.08 bits per heavy atom. The topological polar surface area (TPSA) is 26.3 Å². The van der Waals surface area contributed by atoms with Gasteiger partial charge in [0.05, 0.1) is 5.34 Å². The van der Waals surface area contributed by atoms with Gasteiger partial charge in [0.1, 0.15) is 5.75 Å². The lowest BCUT2D eigenvalue weighted by atomic mass is 10.3. The summed E-state index contributed by atoms with van der Waals surface area (Å²) in [7, 11) is 0. The van der Waals surface area contributed by atoms with Crippen molar-refractivity contribution >= 4 is 40.2 Å². The molecule has 0 aliphatic rings. The van der Waals surface area contributed by atoms with Crippen LogP contribution in [0.15, 0.2) is 30.3 Å². The Morgan fingerprint density at radius 1 is 1.23 bits per heavy atom. The lowest BCUT2D eigenvalue weighted by Crippen LogP contribution is -1.94. The van der Waals surface area contributed by atoms with Crippen LogP contribution in [0.2, 0.25) is 0 Å². The number of hydrogen-bond donors (Lipinski definition) is 0. The molecule has 1 rings (SSSR count). The maximum Gasteiger partial charge on any atom is 0.409 e. The summed E-state index contributed by atoms with van der Waals surface area (Å²) < 4.78 is 4.54. The number of halogens is 3. The second-order valence-electron chi connectivity index (χ2n) is 1.75. The standard InChI is InChI=1S/C7H5ClO2.CH2Cl2/c8-7(9)10-6-4-2-1-3-5-6;2-1-3/h1-5H;1H2. The van der Waals surface area contributed by atoms with Gasteiger partial charge in [-0.15, -0.1) is 23.2 Å². The molecule has 0 N–H and O–H groups in total. The smallest absolute Gasteiger partial charge is 0.409 e. The zero-order chi connectivity index (χ0) is 10.1. The maximum absolute atomic E-state index is 10.2. The lowest BCUT2D eigenvalue weighted by molar-refractivity contribution is 0.225.